The zero-order valence-corrected chi connectivity index (χ0v) is 21.7. The number of nitrogens with zero attached hydrogens (tertiary/aromatic N) is 4. The molecule has 0 atom stereocenters. The zero-order valence-electron chi connectivity index (χ0n) is 20.1. The molecule has 0 fully saturated rings. The summed E-state index contributed by atoms with van der Waals surface area (Å²) in [6, 6.07) is 13.4. The lowest BCUT2D eigenvalue weighted by Crippen LogP contribution is -2.22. The summed E-state index contributed by atoms with van der Waals surface area (Å²) in [7, 11) is 0. The molecule has 0 saturated carbocycles. The van der Waals surface area contributed by atoms with Crippen molar-refractivity contribution in [3.8, 4) is 22.8 Å². The van der Waals surface area contributed by atoms with E-state index in [-0.39, 0.29) is 11.4 Å². The molecule has 0 radical (unpaired) electrons. The highest BCUT2D eigenvalue weighted by atomic mass is 32.2. The molecule has 0 saturated heterocycles. The van der Waals surface area contributed by atoms with Crippen molar-refractivity contribution in [3.63, 3.8) is 0 Å². The molecule has 10 heteroatoms. The highest BCUT2D eigenvalue weighted by Crippen LogP contribution is 2.36. The van der Waals surface area contributed by atoms with Crippen molar-refractivity contribution in [1.82, 2.24) is 19.7 Å². The average Bonchev–Trinajstić information content (AvgIpc) is 3.53. The maximum atomic E-state index is 13.8. The van der Waals surface area contributed by atoms with E-state index in [4.69, 9.17) is 14.2 Å². The van der Waals surface area contributed by atoms with Crippen LogP contribution in [-0.2, 0) is 18.6 Å². The van der Waals surface area contributed by atoms with E-state index in [0.717, 1.165) is 41.6 Å². The molecule has 0 aliphatic heterocycles. The van der Waals surface area contributed by atoms with Crippen LogP contribution in [0.5, 0.6) is 5.75 Å². The van der Waals surface area contributed by atoms with Crippen LogP contribution in [0.1, 0.15) is 36.1 Å². The Balaban J connectivity index is 1.37. The third kappa shape index (κ3) is 4.55. The number of rotatable bonds is 7. The monoisotopic (exact) mass is 534 g/mol. The highest BCUT2D eigenvalue weighted by molar-refractivity contribution is 7.98. The molecule has 0 spiro atoms. The van der Waals surface area contributed by atoms with Gasteiger partial charge in [-0.3, -0.25) is 9.36 Å². The third-order valence-electron chi connectivity index (χ3n) is 6.26. The molecular formula is C27H23FN4O3S2. The van der Waals surface area contributed by atoms with E-state index in [1.54, 1.807) is 28.0 Å². The molecule has 37 heavy (non-hydrogen) atoms. The summed E-state index contributed by atoms with van der Waals surface area (Å²) in [6.45, 7) is 2.45. The summed E-state index contributed by atoms with van der Waals surface area (Å²) in [5.41, 5.74) is 2.30. The summed E-state index contributed by atoms with van der Waals surface area (Å²) < 4.78 is 26.5. The van der Waals surface area contributed by atoms with Gasteiger partial charge in [0.25, 0.3) is 5.56 Å². The quantitative estimate of drug-likeness (QED) is 0.181. The number of aryl methyl sites for hydroxylation is 2. The lowest BCUT2D eigenvalue weighted by Gasteiger charge is -2.13. The molecule has 188 valence electrons. The fraction of sp³-hybridized carbons (Fsp3) is 0.259. The molecule has 0 bridgehead atoms. The van der Waals surface area contributed by atoms with Crippen molar-refractivity contribution < 1.29 is 13.7 Å². The van der Waals surface area contributed by atoms with E-state index in [2.05, 4.69) is 10.1 Å². The molecule has 7 nitrogen and oxygen atoms in total. The maximum absolute atomic E-state index is 13.8. The molecule has 0 amide bonds. The van der Waals surface area contributed by atoms with Gasteiger partial charge in [0.2, 0.25) is 11.7 Å². The lowest BCUT2D eigenvalue weighted by atomic mass is 9.97. The number of benzene rings is 2. The van der Waals surface area contributed by atoms with E-state index in [1.807, 2.05) is 31.2 Å². The number of para-hydroxylation sites is 1. The van der Waals surface area contributed by atoms with Crippen LogP contribution in [-0.4, -0.2) is 26.3 Å². The van der Waals surface area contributed by atoms with Crippen LogP contribution in [0.3, 0.4) is 0 Å². The van der Waals surface area contributed by atoms with Crippen LogP contribution < -0.4 is 10.3 Å². The first kappa shape index (κ1) is 23.9. The van der Waals surface area contributed by atoms with Gasteiger partial charge in [-0.05, 0) is 74.6 Å². The molecule has 1 aliphatic rings. The third-order valence-corrected chi connectivity index (χ3v) is 8.37. The standard InChI is InChI=1S/C27H23FN4O3S2/c1-2-34-20-9-5-3-7-18(20)24-29-22(35-31-24)15-36-27-30-25-23(19-8-4-6-10-21(19)37-25)26(33)32(27)17-13-11-16(28)12-14-17/h3,5,7,9,11-14H,2,4,6,8,10,15H2,1H3. The van der Waals surface area contributed by atoms with E-state index in [9.17, 15) is 9.18 Å². The van der Waals surface area contributed by atoms with Crippen LogP contribution in [0, 0.1) is 5.82 Å². The predicted octanol–water partition coefficient (Wildman–Crippen LogP) is 6.21. The van der Waals surface area contributed by atoms with Gasteiger partial charge >= 0.3 is 0 Å². The van der Waals surface area contributed by atoms with Gasteiger partial charge in [0.1, 0.15) is 16.4 Å². The fourth-order valence-electron chi connectivity index (χ4n) is 4.58. The number of thioether (sulfide) groups is 1. The Morgan fingerprint density at radius 3 is 2.76 bits per heavy atom. The summed E-state index contributed by atoms with van der Waals surface area (Å²) in [6.07, 6.45) is 4.05. The summed E-state index contributed by atoms with van der Waals surface area (Å²) >= 11 is 2.93. The van der Waals surface area contributed by atoms with Crippen LogP contribution in [0.4, 0.5) is 4.39 Å². The van der Waals surface area contributed by atoms with E-state index >= 15 is 0 Å². The molecule has 6 rings (SSSR count). The number of ether oxygens (including phenoxy) is 1. The van der Waals surface area contributed by atoms with Gasteiger partial charge in [0, 0.05) is 4.88 Å². The first-order valence-corrected chi connectivity index (χ1v) is 13.9. The smallest absolute Gasteiger partial charge is 0.267 e. The molecule has 5 aromatic rings. The maximum Gasteiger partial charge on any atom is 0.267 e. The molecular weight excluding hydrogens is 511 g/mol. The highest BCUT2D eigenvalue weighted by Gasteiger charge is 2.23. The molecule has 2 aromatic carbocycles. The first-order valence-electron chi connectivity index (χ1n) is 12.1. The second-order valence-electron chi connectivity index (χ2n) is 8.63. The van der Waals surface area contributed by atoms with Crippen LogP contribution >= 0.6 is 23.1 Å². The number of hydrogen-bond acceptors (Lipinski definition) is 8. The van der Waals surface area contributed by atoms with Crippen molar-refractivity contribution in [2.24, 2.45) is 0 Å². The summed E-state index contributed by atoms with van der Waals surface area (Å²) in [5.74, 6) is 1.47. The van der Waals surface area contributed by atoms with Crippen LogP contribution in [0.25, 0.3) is 27.3 Å². The van der Waals surface area contributed by atoms with Gasteiger partial charge < -0.3 is 9.26 Å². The topological polar surface area (TPSA) is 83.0 Å². The van der Waals surface area contributed by atoms with Crippen molar-refractivity contribution >= 4 is 33.3 Å². The second-order valence-corrected chi connectivity index (χ2v) is 10.7. The van der Waals surface area contributed by atoms with Crippen molar-refractivity contribution in [2.75, 3.05) is 6.61 Å². The molecule has 0 N–H and O–H groups in total. The Kier molecular flexibility index (Phi) is 6.52. The van der Waals surface area contributed by atoms with Gasteiger partial charge in [-0.1, -0.05) is 29.1 Å². The number of hydrogen-bond donors (Lipinski definition) is 0. The SMILES string of the molecule is CCOc1ccccc1-c1noc(CSc2nc3sc4c(c3c(=O)n2-c2ccc(F)cc2)CCCC4)n1. The molecule has 0 unspecified atom stereocenters. The van der Waals surface area contributed by atoms with Gasteiger partial charge in [-0.2, -0.15) is 4.98 Å². The second kappa shape index (κ2) is 10.1. The largest absolute Gasteiger partial charge is 0.493 e. The van der Waals surface area contributed by atoms with E-state index in [0.29, 0.717) is 46.1 Å². The normalized spacial score (nSPS) is 13.1. The van der Waals surface area contributed by atoms with Gasteiger partial charge in [-0.25, -0.2) is 9.37 Å². The number of aromatic nitrogens is 4. The first-order chi connectivity index (χ1) is 18.1. The van der Waals surface area contributed by atoms with Crippen molar-refractivity contribution in [3.05, 3.63) is 81.0 Å². The summed E-state index contributed by atoms with van der Waals surface area (Å²) in [5, 5.41) is 5.31. The number of thiophene rings is 1. The van der Waals surface area contributed by atoms with Crippen molar-refractivity contribution in [2.45, 2.75) is 43.5 Å². The minimum atomic E-state index is -0.362. The summed E-state index contributed by atoms with van der Waals surface area (Å²) in [4.78, 5) is 25.3. The Morgan fingerprint density at radius 2 is 1.92 bits per heavy atom. The minimum Gasteiger partial charge on any atom is -0.493 e. The van der Waals surface area contributed by atoms with E-state index < -0.39 is 0 Å². The van der Waals surface area contributed by atoms with E-state index in [1.165, 1.54) is 28.8 Å². The zero-order chi connectivity index (χ0) is 25.4. The van der Waals surface area contributed by atoms with Crippen LogP contribution in [0.2, 0.25) is 0 Å². The van der Waals surface area contributed by atoms with Crippen LogP contribution in [0.15, 0.2) is 63.0 Å². The predicted molar refractivity (Wildman–Crippen MR) is 142 cm³/mol. The van der Waals surface area contributed by atoms with Gasteiger partial charge in [0.15, 0.2) is 5.16 Å². The number of halogens is 1. The Labute approximate surface area is 220 Å². The number of fused-ring (bicyclic) bond motifs is 3. The fourth-order valence-corrected chi connectivity index (χ4v) is 6.74. The molecule has 3 heterocycles. The lowest BCUT2D eigenvalue weighted by molar-refractivity contribution is 0.341. The molecule has 3 aromatic heterocycles. The van der Waals surface area contributed by atoms with Crippen molar-refractivity contribution in [1.29, 1.82) is 0 Å². The Hall–Kier alpha value is -3.50. The molecule has 1 aliphatic carbocycles. The Morgan fingerprint density at radius 1 is 1.11 bits per heavy atom. The Bertz CT molecular complexity index is 1640. The minimum absolute atomic E-state index is 0.129. The van der Waals surface area contributed by atoms with Gasteiger partial charge in [0.05, 0.1) is 29.0 Å². The average molecular weight is 535 g/mol. The van der Waals surface area contributed by atoms with Gasteiger partial charge in [-0.15, -0.1) is 11.3 Å².